The summed E-state index contributed by atoms with van der Waals surface area (Å²) < 4.78 is 2.19. The van der Waals surface area contributed by atoms with Crippen LogP contribution in [0.5, 0.6) is 0 Å². The number of anilines is 2. The van der Waals surface area contributed by atoms with Gasteiger partial charge in [0.25, 0.3) is 0 Å². The van der Waals surface area contributed by atoms with E-state index in [1.165, 1.54) is 25.9 Å². The highest BCUT2D eigenvalue weighted by molar-refractivity contribution is 5.38. The quantitative estimate of drug-likeness (QED) is 0.892. The second-order valence-electron chi connectivity index (χ2n) is 7.08. The first-order valence-electron chi connectivity index (χ1n) is 9.14. The fourth-order valence-electron chi connectivity index (χ4n) is 3.89. The van der Waals surface area contributed by atoms with Crippen LogP contribution in [0.4, 0.5) is 11.8 Å². The Labute approximate surface area is 148 Å². The second kappa shape index (κ2) is 6.95. The maximum Gasteiger partial charge on any atom is 0.227 e. The van der Waals surface area contributed by atoms with E-state index >= 15 is 0 Å². The molecule has 25 heavy (non-hydrogen) atoms. The van der Waals surface area contributed by atoms with E-state index in [2.05, 4.69) is 41.6 Å². The van der Waals surface area contributed by atoms with Crippen molar-refractivity contribution < 1.29 is 0 Å². The minimum absolute atomic E-state index is 0.351. The molecule has 8 heteroatoms. The van der Waals surface area contributed by atoms with E-state index in [1.54, 1.807) is 12.3 Å². The van der Waals surface area contributed by atoms with Gasteiger partial charge in [0.1, 0.15) is 17.5 Å². The zero-order valence-corrected chi connectivity index (χ0v) is 14.8. The van der Waals surface area contributed by atoms with Gasteiger partial charge in [-0.3, -0.25) is 4.90 Å². The summed E-state index contributed by atoms with van der Waals surface area (Å²) in [7, 11) is 2.09. The van der Waals surface area contributed by atoms with Crippen LogP contribution in [-0.2, 0) is 13.6 Å². The Kier molecular flexibility index (Phi) is 4.52. The fourth-order valence-corrected chi connectivity index (χ4v) is 3.89. The van der Waals surface area contributed by atoms with E-state index in [1.807, 2.05) is 0 Å². The number of nitrogens with two attached hydrogens (primary N) is 1. The fraction of sp³-hybridized carbons (Fsp3) is 0.647. The van der Waals surface area contributed by atoms with Gasteiger partial charge in [0, 0.05) is 32.3 Å². The Balaban J connectivity index is 1.48. The summed E-state index contributed by atoms with van der Waals surface area (Å²) >= 11 is 0. The van der Waals surface area contributed by atoms with Gasteiger partial charge in [-0.15, -0.1) is 10.2 Å². The molecule has 0 unspecified atom stereocenters. The van der Waals surface area contributed by atoms with Gasteiger partial charge >= 0.3 is 0 Å². The highest BCUT2D eigenvalue weighted by Gasteiger charge is 2.27. The zero-order valence-electron chi connectivity index (χ0n) is 14.8. The topological polar surface area (TPSA) is 89.0 Å². The smallest absolute Gasteiger partial charge is 0.227 e. The summed E-state index contributed by atoms with van der Waals surface area (Å²) in [6.07, 6.45) is 6.52. The van der Waals surface area contributed by atoms with Gasteiger partial charge in [0.05, 0.1) is 6.54 Å². The number of aromatic nitrogens is 5. The van der Waals surface area contributed by atoms with Gasteiger partial charge < -0.3 is 15.2 Å². The lowest BCUT2D eigenvalue weighted by molar-refractivity contribution is 0.317. The average molecular weight is 342 g/mol. The molecule has 2 N–H and O–H groups in total. The van der Waals surface area contributed by atoms with Crippen molar-refractivity contribution in [3.05, 3.63) is 23.9 Å². The number of nitrogens with zero attached hydrogens (tertiary/aromatic N) is 7. The van der Waals surface area contributed by atoms with Crippen molar-refractivity contribution in [1.29, 1.82) is 0 Å². The molecule has 4 rings (SSSR count). The van der Waals surface area contributed by atoms with Gasteiger partial charge in [-0.25, -0.2) is 4.98 Å². The van der Waals surface area contributed by atoms with Gasteiger partial charge in [-0.05, 0) is 44.8 Å². The minimum Gasteiger partial charge on any atom is -0.384 e. The molecule has 0 amide bonds. The molecule has 2 aliphatic heterocycles. The summed E-state index contributed by atoms with van der Waals surface area (Å²) in [5.74, 6) is 3.71. The molecular weight excluding hydrogens is 316 g/mol. The van der Waals surface area contributed by atoms with E-state index < -0.39 is 0 Å². The van der Waals surface area contributed by atoms with Crippen LogP contribution in [0.25, 0.3) is 0 Å². The van der Waals surface area contributed by atoms with Crippen LogP contribution in [-0.4, -0.2) is 55.8 Å². The monoisotopic (exact) mass is 342 g/mol. The van der Waals surface area contributed by atoms with E-state index in [4.69, 9.17) is 5.73 Å². The highest BCUT2D eigenvalue weighted by atomic mass is 15.3. The van der Waals surface area contributed by atoms with Crippen molar-refractivity contribution in [3.8, 4) is 0 Å². The Morgan fingerprint density at radius 2 is 2.00 bits per heavy atom. The van der Waals surface area contributed by atoms with Crippen LogP contribution in [0, 0.1) is 0 Å². The summed E-state index contributed by atoms with van der Waals surface area (Å²) in [6, 6.07) is 1.72. The molecule has 0 bridgehead atoms. The normalized spacial score (nSPS) is 21.8. The molecule has 8 nitrogen and oxygen atoms in total. The van der Waals surface area contributed by atoms with E-state index in [0.717, 1.165) is 44.1 Å². The molecule has 1 atom stereocenters. The van der Waals surface area contributed by atoms with Crippen molar-refractivity contribution in [2.75, 3.05) is 36.8 Å². The Bertz CT molecular complexity index is 721. The van der Waals surface area contributed by atoms with Crippen molar-refractivity contribution in [2.45, 2.75) is 38.1 Å². The van der Waals surface area contributed by atoms with Crippen molar-refractivity contribution in [3.63, 3.8) is 0 Å². The maximum absolute atomic E-state index is 5.81. The van der Waals surface area contributed by atoms with Crippen LogP contribution < -0.4 is 10.6 Å². The molecule has 4 heterocycles. The van der Waals surface area contributed by atoms with Gasteiger partial charge in [-0.2, -0.15) is 4.98 Å². The average Bonchev–Trinajstić information content (AvgIpc) is 3.26. The van der Waals surface area contributed by atoms with E-state index in [-0.39, 0.29) is 0 Å². The minimum atomic E-state index is 0.351. The number of hydrogen-bond donors (Lipinski definition) is 1. The van der Waals surface area contributed by atoms with Crippen LogP contribution in [0.2, 0.25) is 0 Å². The van der Waals surface area contributed by atoms with Crippen LogP contribution >= 0.6 is 0 Å². The molecule has 0 radical (unpaired) electrons. The summed E-state index contributed by atoms with van der Waals surface area (Å²) in [4.78, 5) is 13.4. The summed E-state index contributed by atoms with van der Waals surface area (Å²) in [5.41, 5.74) is 5.81. The standard InChI is InChI=1S/C17H26N8/c1-23-15(12-24-8-2-3-9-24)21-22-16(23)13-5-4-10-25(11-13)17-19-7-6-14(18)20-17/h6-7,13H,2-5,8-12H2,1H3,(H2,18,19,20)/t13-/m1/s1. The first-order chi connectivity index (χ1) is 12.2. The number of piperidine rings is 1. The molecule has 2 saturated heterocycles. The van der Waals surface area contributed by atoms with Crippen molar-refractivity contribution in [2.24, 2.45) is 7.05 Å². The zero-order chi connectivity index (χ0) is 17.2. The largest absolute Gasteiger partial charge is 0.384 e. The molecule has 0 saturated carbocycles. The van der Waals surface area contributed by atoms with Crippen molar-refractivity contribution >= 4 is 11.8 Å². The van der Waals surface area contributed by atoms with Crippen molar-refractivity contribution in [1.82, 2.24) is 29.6 Å². The van der Waals surface area contributed by atoms with E-state index in [9.17, 15) is 0 Å². The van der Waals surface area contributed by atoms with Gasteiger partial charge in [0.15, 0.2) is 0 Å². The highest BCUT2D eigenvalue weighted by Crippen LogP contribution is 2.28. The third-order valence-electron chi connectivity index (χ3n) is 5.30. The van der Waals surface area contributed by atoms with Gasteiger partial charge in [-0.1, -0.05) is 0 Å². The lowest BCUT2D eigenvalue weighted by Gasteiger charge is -2.32. The molecule has 2 aromatic heterocycles. The first-order valence-corrected chi connectivity index (χ1v) is 9.14. The van der Waals surface area contributed by atoms with Gasteiger partial charge in [0.2, 0.25) is 5.95 Å². The molecular formula is C17H26N8. The number of nitrogen functional groups attached to an aromatic ring is 1. The Morgan fingerprint density at radius 3 is 2.80 bits per heavy atom. The van der Waals surface area contributed by atoms with Crippen LogP contribution in [0.3, 0.4) is 0 Å². The molecule has 0 aromatic carbocycles. The molecule has 2 aromatic rings. The molecule has 2 fully saturated rings. The summed E-state index contributed by atoms with van der Waals surface area (Å²) in [5, 5.41) is 8.99. The third-order valence-corrected chi connectivity index (χ3v) is 5.30. The van der Waals surface area contributed by atoms with Crippen LogP contribution in [0.1, 0.15) is 43.3 Å². The van der Waals surface area contributed by atoms with E-state index in [0.29, 0.717) is 17.7 Å². The van der Waals surface area contributed by atoms with Crippen LogP contribution in [0.15, 0.2) is 12.3 Å². The third kappa shape index (κ3) is 3.44. The Hall–Kier alpha value is -2.22. The Morgan fingerprint density at radius 1 is 1.16 bits per heavy atom. The first kappa shape index (κ1) is 16.3. The maximum atomic E-state index is 5.81. The lowest BCUT2D eigenvalue weighted by atomic mass is 9.97. The number of likely N-dealkylation sites (tertiary alicyclic amines) is 1. The second-order valence-corrected chi connectivity index (χ2v) is 7.08. The molecule has 134 valence electrons. The lowest BCUT2D eigenvalue weighted by Crippen LogP contribution is -2.36. The number of hydrogen-bond acceptors (Lipinski definition) is 7. The molecule has 0 spiro atoms. The summed E-state index contributed by atoms with van der Waals surface area (Å²) in [6.45, 7) is 5.06. The predicted molar refractivity (Wildman–Crippen MR) is 96.1 cm³/mol. The molecule has 2 aliphatic rings. The SMILES string of the molecule is Cn1c(CN2CCCC2)nnc1[C@@H]1CCCN(c2nccc(N)n2)C1. The predicted octanol–water partition coefficient (Wildman–Crippen LogP) is 1.17. The number of rotatable bonds is 4. The molecule has 0 aliphatic carbocycles.